The van der Waals surface area contributed by atoms with Crippen molar-refractivity contribution in [3.05, 3.63) is 57.8 Å². The number of aliphatic imine (C=N–C) groups is 1. The molecule has 1 aliphatic heterocycles. The van der Waals surface area contributed by atoms with Crippen LogP contribution in [0.5, 0.6) is 0 Å². The molecule has 1 saturated heterocycles. The summed E-state index contributed by atoms with van der Waals surface area (Å²) in [6.07, 6.45) is 4.94. The lowest BCUT2D eigenvalue weighted by Gasteiger charge is -2.26. The molecular weight excluding hydrogens is 406 g/mol. The Labute approximate surface area is 190 Å². The molecule has 0 atom stereocenters. The average molecular weight is 442 g/mol. The number of amides is 1. The molecule has 1 aliphatic rings. The van der Waals surface area contributed by atoms with Crippen molar-refractivity contribution in [1.82, 2.24) is 20.4 Å². The summed E-state index contributed by atoms with van der Waals surface area (Å²) < 4.78 is 0. The summed E-state index contributed by atoms with van der Waals surface area (Å²) in [6.45, 7) is 5.04. The van der Waals surface area contributed by atoms with Gasteiger partial charge in [-0.25, -0.2) is 4.99 Å². The van der Waals surface area contributed by atoms with Gasteiger partial charge in [0.05, 0.1) is 13.1 Å². The highest BCUT2D eigenvalue weighted by molar-refractivity contribution is 7.09. The number of benzene rings is 1. The Hall–Kier alpha value is -2.38. The van der Waals surface area contributed by atoms with Gasteiger partial charge < -0.3 is 15.5 Å². The van der Waals surface area contributed by atoms with Crippen LogP contribution in [0.25, 0.3) is 0 Å². The molecule has 0 unspecified atom stereocenters. The molecule has 0 saturated carbocycles. The van der Waals surface area contributed by atoms with Gasteiger partial charge in [-0.1, -0.05) is 36.8 Å². The van der Waals surface area contributed by atoms with E-state index in [4.69, 9.17) is 4.99 Å². The Bertz CT molecular complexity index is 811. The summed E-state index contributed by atoms with van der Waals surface area (Å²) in [5, 5.41) is 8.61. The van der Waals surface area contributed by atoms with Crippen LogP contribution in [0, 0.1) is 0 Å². The van der Waals surface area contributed by atoms with Gasteiger partial charge in [0.1, 0.15) is 0 Å². The van der Waals surface area contributed by atoms with Crippen molar-refractivity contribution in [2.24, 2.45) is 4.99 Å². The zero-order valence-corrected chi connectivity index (χ0v) is 19.6. The van der Waals surface area contributed by atoms with E-state index in [9.17, 15) is 4.79 Å². The van der Waals surface area contributed by atoms with Crippen LogP contribution in [-0.2, 0) is 24.3 Å². The highest BCUT2D eigenvalue weighted by Gasteiger charge is 2.10. The van der Waals surface area contributed by atoms with Crippen LogP contribution in [0.1, 0.15) is 35.3 Å². The van der Waals surface area contributed by atoms with Gasteiger partial charge in [0, 0.05) is 32.1 Å². The van der Waals surface area contributed by atoms with E-state index in [-0.39, 0.29) is 12.5 Å². The minimum absolute atomic E-state index is 0.0230. The van der Waals surface area contributed by atoms with Gasteiger partial charge in [-0.2, -0.15) is 0 Å². The van der Waals surface area contributed by atoms with E-state index in [2.05, 4.69) is 57.3 Å². The molecule has 2 aromatic rings. The van der Waals surface area contributed by atoms with Gasteiger partial charge in [0.2, 0.25) is 5.91 Å². The summed E-state index contributed by atoms with van der Waals surface area (Å²) >= 11 is 1.76. The fourth-order valence-corrected chi connectivity index (χ4v) is 4.26. The van der Waals surface area contributed by atoms with Crippen molar-refractivity contribution >= 4 is 23.2 Å². The second-order valence-electron chi connectivity index (χ2n) is 8.22. The number of carbonyl (C=O) groups is 1. The number of rotatable bonds is 9. The molecule has 0 bridgehead atoms. The maximum atomic E-state index is 12.0. The van der Waals surface area contributed by atoms with Crippen molar-refractivity contribution in [3.63, 3.8) is 0 Å². The summed E-state index contributed by atoms with van der Waals surface area (Å²) in [4.78, 5) is 22.1. The first-order chi connectivity index (χ1) is 15.1. The number of likely N-dealkylation sites (tertiary alicyclic amines) is 1. The number of hydrogen-bond acceptors (Lipinski definition) is 4. The summed E-state index contributed by atoms with van der Waals surface area (Å²) in [6, 6.07) is 13.0. The van der Waals surface area contributed by atoms with Gasteiger partial charge in [-0.05, 0) is 54.9 Å². The molecule has 0 spiro atoms. The number of thiophene rings is 1. The molecule has 6 nitrogen and oxygen atoms in total. The number of likely N-dealkylation sites (N-methyl/N-ethyl adjacent to an activating group) is 1. The minimum atomic E-state index is 0.0230. The van der Waals surface area contributed by atoms with Crippen molar-refractivity contribution < 1.29 is 4.79 Å². The van der Waals surface area contributed by atoms with E-state index in [1.165, 1.54) is 48.4 Å². The van der Waals surface area contributed by atoms with Gasteiger partial charge in [-0.15, -0.1) is 11.3 Å². The number of nitrogens with one attached hydrogen (secondary N) is 2. The SMILES string of the molecule is CN(C)C(=O)CNC(=NCc1ccc(CN2CCCCC2)cc1)NCCc1cccs1. The van der Waals surface area contributed by atoms with Crippen molar-refractivity contribution in [2.45, 2.75) is 38.8 Å². The Balaban J connectivity index is 1.53. The topological polar surface area (TPSA) is 60.0 Å². The van der Waals surface area contributed by atoms with E-state index < -0.39 is 0 Å². The van der Waals surface area contributed by atoms with Crippen molar-refractivity contribution in [2.75, 3.05) is 40.3 Å². The van der Waals surface area contributed by atoms with Gasteiger partial charge in [0.15, 0.2) is 5.96 Å². The molecular formula is C24H35N5OS. The number of hydrogen-bond donors (Lipinski definition) is 2. The van der Waals surface area contributed by atoms with Gasteiger partial charge in [-0.3, -0.25) is 9.69 Å². The van der Waals surface area contributed by atoms with Crippen LogP contribution in [0.4, 0.5) is 0 Å². The molecule has 0 aliphatic carbocycles. The minimum Gasteiger partial charge on any atom is -0.356 e. The zero-order valence-electron chi connectivity index (χ0n) is 18.8. The molecule has 168 valence electrons. The van der Waals surface area contributed by atoms with Crippen LogP contribution >= 0.6 is 11.3 Å². The Morgan fingerprint density at radius 2 is 1.81 bits per heavy atom. The predicted molar refractivity (Wildman–Crippen MR) is 129 cm³/mol. The van der Waals surface area contributed by atoms with Crippen LogP contribution in [-0.4, -0.2) is 61.9 Å². The monoisotopic (exact) mass is 441 g/mol. The second-order valence-corrected chi connectivity index (χ2v) is 9.25. The first kappa shape index (κ1) is 23.3. The standard InChI is InChI=1S/C24H35N5OS/c1-28(2)23(30)18-27-24(25-13-12-22-7-6-16-31-22)26-17-20-8-10-21(11-9-20)19-29-14-4-3-5-15-29/h6-11,16H,3-5,12-15,17-19H2,1-2H3,(H2,25,26,27). The average Bonchev–Trinajstić information content (AvgIpc) is 3.30. The number of nitrogens with zero attached hydrogens (tertiary/aromatic N) is 3. The maximum Gasteiger partial charge on any atom is 0.241 e. The molecule has 2 N–H and O–H groups in total. The highest BCUT2D eigenvalue weighted by Crippen LogP contribution is 2.14. The molecule has 1 aromatic heterocycles. The van der Waals surface area contributed by atoms with Crippen LogP contribution in [0.2, 0.25) is 0 Å². The van der Waals surface area contributed by atoms with E-state index >= 15 is 0 Å². The predicted octanol–water partition coefficient (Wildman–Crippen LogP) is 3.10. The largest absolute Gasteiger partial charge is 0.356 e. The lowest BCUT2D eigenvalue weighted by Crippen LogP contribution is -2.43. The van der Waals surface area contributed by atoms with Crippen LogP contribution < -0.4 is 10.6 Å². The fraction of sp³-hybridized carbons (Fsp3) is 0.500. The lowest BCUT2D eigenvalue weighted by molar-refractivity contribution is -0.127. The third-order valence-corrected chi connectivity index (χ3v) is 6.38. The van der Waals surface area contributed by atoms with E-state index in [1.807, 2.05) is 0 Å². The molecule has 1 amide bonds. The molecule has 31 heavy (non-hydrogen) atoms. The third-order valence-electron chi connectivity index (χ3n) is 5.45. The Morgan fingerprint density at radius 3 is 2.48 bits per heavy atom. The van der Waals surface area contributed by atoms with Gasteiger partial charge >= 0.3 is 0 Å². The molecule has 3 rings (SSSR count). The Morgan fingerprint density at radius 1 is 1.06 bits per heavy atom. The molecule has 2 heterocycles. The summed E-state index contributed by atoms with van der Waals surface area (Å²) in [5.74, 6) is 0.693. The lowest BCUT2D eigenvalue weighted by atomic mass is 10.1. The van der Waals surface area contributed by atoms with Gasteiger partial charge in [0.25, 0.3) is 0 Å². The molecule has 7 heteroatoms. The van der Waals surface area contributed by atoms with Crippen molar-refractivity contribution in [1.29, 1.82) is 0 Å². The molecule has 1 fully saturated rings. The van der Waals surface area contributed by atoms with Crippen LogP contribution in [0.15, 0.2) is 46.8 Å². The molecule has 0 radical (unpaired) electrons. The normalized spacial score (nSPS) is 15.0. The van der Waals surface area contributed by atoms with E-state index in [0.717, 1.165) is 19.5 Å². The smallest absolute Gasteiger partial charge is 0.241 e. The number of guanidine groups is 1. The maximum absolute atomic E-state index is 12.0. The summed E-state index contributed by atoms with van der Waals surface area (Å²) in [5.41, 5.74) is 2.53. The van der Waals surface area contributed by atoms with E-state index in [0.29, 0.717) is 12.5 Å². The zero-order chi connectivity index (χ0) is 21.9. The second kappa shape index (κ2) is 12.5. The number of carbonyl (C=O) groups excluding carboxylic acids is 1. The quantitative estimate of drug-likeness (QED) is 0.464. The first-order valence-corrected chi connectivity index (χ1v) is 12.0. The fourth-order valence-electron chi connectivity index (χ4n) is 3.55. The third kappa shape index (κ3) is 8.34. The van der Waals surface area contributed by atoms with E-state index in [1.54, 1.807) is 30.3 Å². The van der Waals surface area contributed by atoms with Crippen LogP contribution in [0.3, 0.4) is 0 Å². The first-order valence-electron chi connectivity index (χ1n) is 11.1. The Kier molecular flexibility index (Phi) is 9.37. The van der Waals surface area contributed by atoms with Crippen molar-refractivity contribution in [3.8, 4) is 0 Å². The highest BCUT2D eigenvalue weighted by atomic mass is 32.1. The summed E-state index contributed by atoms with van der Waals surface area (Å²) in [7, 11) is 3.52. The molecule has 1 aromatic carbocycles. The number of piperidine rings is 1.